The van der Waals surface area contributed by atoms with Crippen LogP contribution in [0, 0.1) is 0 Å². The fraction of sp³-hybridized carbons (Fsp3) is 0.0556. The minimum absolute atomic E-state index is 0.134. The topological polar surface area (TPSA) is 38.3 Å². The van der Waals surface area contributed by atoms with Crippen molar-refractivity contribution < 1.29 is 9.53 Å². The average molecular weight is 346 g/mol. The van der Waals surface area contributed by atoms with E-state index in [2.05, 4.69) is 5.32 Å². The standard InChI is InChI=1S/C18H13Cl2NO2/c19-13-8-9-17(15(20)10-13)23-11-18(22)21-16-7-3-5-12-4-1-2-6-14(12)16/h1-10H,11H2,(H,21,22). The quantitative estimate of drug-likeness (QED) is 0.708. The van der Waals surface area contributed by atoms with E-state index in [1.165, 1.54) is 0 Å². The van der Waals surface area contributed by atoms with Crippen LogP contribution >= 0.6 is 23.2 Å². The molecule has 5 heteroatoms. The van der Waals surface area contributed by atoms with E-state index >= 15 is 0 Å². The largest absolute Gasteiger partial charge is 0.482 e. The molecule has 0 spiro atoms. The highest BCUT2D eigenvalue weighted by molar-refractivity contribution is 6.35. The third-order valence-electron chi connectivity index (χ3n) is 3.32. The molecule has 3 aromatic carbocycles. The summed E-state index contributed by atoms with van der Waals surface area (Å²) in [5.74, 6) is 0.163. The van der Waals surface area contributed by atoms with Crippen LogP contribution in [0.25, 0.3) is 10.8 Å². The number of carbonyl (C=O) groups is 1. The normalized spacial score (nSPS) is 10.5. The van der Waals surface area contributed by atoms with Gasteiger partial charge in [0.2, 0.25) is 0 Å². The Balaban J connectivity index is 1.69. The summed E-state index contributed by atoms with van der Waals surface area (Å²) in [6.45, 7) is -0.134. The maximum absolute atomic E-state index is 12.1. The number of amides is 1. The van der Waals surface area contributed by atoms with Gasteiger partial charge in [0.05, 0.1) is 5.02 Å². The lowest BCUT2D eigenvalue weighted by molar-refractivity contribution is -0.118. The summed E-state index contributed by atoms with van der Waals surface area (Å²) in [6, 6.07) is 18.5. The van der Waals surface area contributed by atoms with Crippen molar-refractivity contribution in [2.75, 3.05) is 11.9 Å². The zero-order chi connectivity index (χ0) is 16.2. The van der Waals surface area contributed by atoms with Gasteiger partial charge >= 0.3 is 0 Å². The second-order valence-electron chi connectivity index (χ2n) is 4.94. The number of rotatable bonds is 4. The predicted octanol–water partition coefficient (Wildman–Crippen LogP) is 5.16. The van der Waals surface area contributed by atoms with Gasteiger partial charge in [0.1, 0.15) is 5.75 Å². The highest BCUT2D eigenvalue weighted by Gasteiger charge is 2.08. The Labute approximate surface area is 143 Å². The fourth-order valence-corrected chi connectivity index (χ4v) is 2.72. The lowest BCUT2D eigenvalue weighted by atomic mass is 10.1. The molecule has 3 rings (SSSR count). The molecular formula is C18H13Cl2NO2. The van der Waals surface area contributed by atoms with E-state index in [0.717, 1.165) is 16.5 Å². The molecule has 0 radical (unpaired) electrons. The van der Waals surface area contributed by atoms with Gasteiger partial charge in [0.25, 0.3) is 5.91 Å². The Morgan fingerprint density at radius 3 is 2.61 bits per heavy atom. The third kappa shape index (κ3) is 3.76. The molecule has 0 aromatic heterocycles. The second-order valence-corrected chi connectivity index (χ2v) is 5.78. The highest BCUT2D eigenvalue weighted by Crippen LogP contribution is 2.27. The molecule has 1 N–H and O–H groups in total. The zero-order valence-corrected chi connectivity index (χ0v) is 13.6. The SMILES string of the molecule is O=C(COc1ccc(Cl)cc1Cl)Nc1cccc2ccccc12. The first-order valence-electron chi connectivity index (χ1n) is 6.99. The molecule has 0 bridgehead atoms. The van der Waals surface area contributed by atoms with E-state index in [1.807, 2.05) is 42.5 Å². The molecule has 0 fully saturated rings. The molecule has 3 aromatic rings. The van der Waals surface area contributed by atoms with Crippen molar-refractivity contribution in [1.29, 1.82) is 0 Å². The van der Waals surface area contributed by atoms with Gasteiger partial charge in [-0.25, -0.2) is 0 Å². The van der Waals surface area contributed by atoms with Crippen LogP contribution in [0.1, 0.15) is 0 Å². The van der Waals surface area contributed by atoms with Crippen molar-refractivity contribution in [3.8, 4) is 5.75 Å². The van der Waals surface area contributed by atoms with Gasteiger partial charge in [-0.15, -0.1) is 0 Å². The summed E-state index contributed by atoms with van der Waals surface area (Å²) in [4.78, 5) is 12.1. The van der Waals surface area contributed by atoms with Crippen molar-refractivity contribution in [1.82, 2.24) is 0 Å². The lowest BCUT2D eigenvalue weighted by Gasteiger charge is -2.10. The molecule has 0 aliphatic carbocycles. The summed E-state index contributed by atoms with van der Waals surface area (Å²) in [6.07, 6.45) is 0. The Morgan fingerprint density at radius 1 is 1.00 bits per heavy atom. The van der Waals surface area contributed by atoms with E-state index in [-0.39, 0.29) is 12.5 Å². The molecule has 0 aliphatic heterocycles. The van der Waals surface area contributed by atoms with Crippen molar-refractivity contribution >= 4 is 45.6 Å². The molecule has 0 heterocycles. The second kappa shape index (κ2) is 6.90. The van der Waals surface area contributed by atoms with Crippen LogP contribution in [0.4, 0.5) is 5.69 Å². The van der Waals surface area contributed by atoms with Crippen molar-refractivity contribution in [3.63, 3.8) is 0 Å². The van der Waals surface area contributed by atoms with Crippen molar-refractivity contribution in [2.24, 2.45) is 0 Å². The maximum Gasteiger partial charge on any atom is 0.262 e. The lowest BCUT2D eigenvalue weighted by Crippen LogP contribution is -2.20. The van der Waals surface area contributed by atoms with Gasteiger partial charge in [-0.3, -0.25) is 4.79 Å². The maximum atomic E-state index is 12.1. The summed E-state index contributed by atoms with van der Waals surface area (Å²) in [5, 5.41) is 5.78. The highest BCUT2D eigenvalue weighted by atomic mass is 35.5. The Bertz CT molecular complexity index is 859. The molecule has 0 saturated heterocycles. The molecule has 1 amide bonds. The number of nitrogens with one attached hydrogen (secondary N) is 1. The first-order valence-corrected chi connectivity index (χ1v) is 7.74. The Hall–Kier alpha value is -2.23. The van der Waals surface area contributed by atoms with Crippen molar-refractivity contribution in [3.05, 3.63) is 70.7 Å². The van der Waals surface area contributed by atoms with Gasteiger partial charge in [-0.1, -0.05) is 59.6 Å². The molecular weight excluding hydrogens is 333 g/mol. The Kier molecular flexibility index (Phi) is 4.70. The number of halogens is 2. The molecule has 0 unspecified atom stereocenters. The Morgan fingerprint density at radius 2 is 1.78 bits per heavy atom. The first kappa shape index (κ1) is 15.7. The first-order chi connectivity index (χ1) is 11.1. The zero-order valence-electron chi connectivity index (χ0n) is 12.1. The van der Waals surface area contributed by atoms with Crippen LogP contribution in [-0.2, 0) is 4.79 Å². The van der Waals surface area contributed by atoms with E-state index < -0.39 is 0 Å². The predicted molar refractivity (Wildman–Crippen MR) is 94.5 cm³/mol. The summed E-state index contributed by atoms with van der Waals surface area (Å²) >= 11 is 11.8. The van der Waals surface area contributed by atoms with Gasteiger partial charge in [0.15, 0.2) is 6.61 Å². The molecule has 0 aliphatic rings. The molecule has 3 nitrogen and oxygen atoms in total. The van der Waals surface area contributed by atoms with Gasteiger partial charge < -0.3 is 10.1 Å². The number of ether oxygens (including phenoxy) is 1. The van der Waals surface area contributed by atoms with Crippen LogP contribution in [0.2, 0.25) is 10.0 Å². The number of carbonyl (C=O) groups excluding carboxylic acids is 1. The van der Waals surface area contributed by atoms with Crippen LogP contribution in [-0.4, -0.2) is 12.5 Å². The van der Waals surface area contributed by atoms with Gasteiger partial charge in [0, 0.05) is 16.1 Å². The fourth-order valence-electron chi connectivity index (χ4n) is 2.26. The molecule has 0 atom stereocenters. The van der Waals surface area contributed by atoms with E-state index in [1.54, 1.807) is 18.2 Å². The summed E-state index contributed by atoms with van der Waals surface area (Å²) < 4.78 is 5.44. The third-order valence-corrected chi connectivity index (χ3v) is 3.85. The monoisotopic (exact) mass is 345 g/mol. The van der Waals surface area contributed by atoms with E-state index in [4.69, 9.17) is 27.9 Å². The molecule has 0 saturated carbocycles. The van der Waals surface area contributed by atoms with Crippen LogP contribution < -0.4 is 10.1 Å². The number of anilines is 1. The minimum atomic E-state index is -0.257. The number of hydrogen-bond acceptors (Lipinski definition) is 2. The summed E-state index contributed by atoms with van der Waals surface area (Å²) in [5.41, 5.74) is 0.749. The van der Waals surface area contributed by atoms with Crippen LogP contribution in [0.15, 0.2) is 60.7 Å². The van der Waals surface area contributed by atoms with Crippen LogP contribution in [0.5, 0.6) is 5.75 Å². The minimum Gasteiger partial charge on any atom is -0.482 e. The van der Waals surface area contributed by atoms with E-state index in [9.17, 15) is 4.79 Å². The number of benzene rings is 3. The van der Waals surface area contributed by atoms with Gasteiger partial charge in [-0.05, 0) is 29.7 Å². The van der Waals surface area contributed by atoms with Crippen LogP contribution in [0.3, 0.4) is 0 Å². The smallest absolute Gasteiger partial charge is 0.262 e. The number of hydrogen-bond donors (Lipinski definition) is 1. The number of fused-ring (bicyclic) bond motifs is 1. The van der Waals surface area contributed by atoms with Crippen molar-refractivity contribution in [2.45, 2.75) is 0 Å². The molecule has 23 heavy (non-hydrogen) atoms. The van der Waals surface area contributed by atoms with E-state index in [0.29, 0.717) is 15.8 Å². The van der Waals surface area contributed by atoms with Gasteiger partial charge in [-0.2, -0.15) is 0 Å². The molecule has 116 valence electrons. The summed E-state index contributed by atoms with van der Waals surface area (Å²) in [7, 11) is 0. The average Bonchev–Trinajstić information content (AvgIpc) is 2.54.